The fraction of sp³-hybridized carbons (Fsp3) is 0.0303. The standard InChI is InChI=1S/C33H22Cl4N2O6/c1-45-26-9-5-3-7-18(26)27-19(15-22(35)31(29(27)37)38-23-8-4-2-6-17(23)32(41)42)16-10-12-24(20(14-16)33(43)44)39-30-21(34)11-13-25(40)28(30)36/h2-15,38-40H,1H3,(H,41,42)(H,43,44). The monoisotopic (exact) mass is 682 g/mol. The normalized spacial score (nSPS) is 10.8. The molecule has 0 fully saturated rings. The number of para-hydroxylation sites is 2. The molecule has 0 heterocycles. The third-order valence-corrected chi connectivity index (χ3v) is 8.28. The molecule has 45 heavy (non-hydrogen) atoms. The van der Waals surface area contributed by atoms with Crippen molar-refractivity contribution in [1.82, 2.24) is 0 Å². The van der Waals surface area contributed by atoms with Crippen LogP contribution < -0.4 is 15.4 Å². The van der Waals surface area contributed by atoms with E-state index in [1.165, 1.54) is 37.4 Å². The highest BCUT2D eigenvalue weighted by atomic mass is 35.5. The second-order valence-corrected chi connectivity index (χ2v) is 11.2. The zero-order valence-corrected chi connectivity index (χ0v) is 26.2. The molecule has 0 aromatic heterocycles. The van der Waals surface area contributed by atoms with Crippen LogP contribution >= 0.6 is 46.4 Å². The first-order valence-electron chi connectivity index (χ1n) is 13.1. The topological polar surface area (TPSA) is 128 Å². The van der Waals surface area contributed by atoms with E-state index in [4.69, 9.17) is 51.1 Å². The molecule has 0 aliphatic carbocycles. The predicted molar refractivity (Wildman–Crippen MR) is 179 cm³/mol. The van der Waals surface area contributed by atoms with Crippen molar-refractivity contribution in [2.45, 2.75) is 0 Å². The molecular formula is C33H22Cl4N2O6. The Bertz CT molecular complexity index is 1980. The highest BCUT2D eigenvalue weighted by Gasteiger charge is 2.24. The number of halogens is 4. The Morgan fingerprint density at radius 3 is 1.98 bits per heavy atom. The van der Waals surface area contributed by atoms with Crippen molar-refractivity contribution in [2.75, 3.05) is 17.7 Å². The summed E-state index contributed by atoms with van der Waals surface area (Å²) in [4.78, 5) is 24.4. The molecule has 0 spiro atoms. The first-order valence-corrected chi connectivity index (χ1v) is 14.6. The molecular weight excluding hydrogens is 662 g/mol. The quantitative estimate of drug-likeness (QED) is 0.104. The second-order valence-electron chi connectivity index (χ2n) is 9.59. The van der Waals surface area contributed by atoms with Crippen LogP contribution in [0.5, 0.6) is 11.5 Å². The lowest BCUT2D eigenvalue weighted by Crippen LogP contribution is -2.05. The predicted octanol–water partition coefficient (Wildman–Crippen LogP) is 10.2. The van der Waals surface area contributed by atoms with Crippen LogP contribution in [0.2, 0.25) is 20.1 Å². The van der Waals surface area contributed by atoms with E-state index in [1.807, 2.05) is 0 Å². The van der Waals surface area contributed by atoms with Crippen molar-refractivity contribution in [3.8, 4) is 33.8 Å². The summed E-state index contributed by atoms with van der Waals surface area (Å²) in [7, 11) is 1.51. The van der Waals surface area contributed by atoms with Crippen molar-refractivity contribution >= 4 is 81.1 Å². The van der Waals surface area contributed by atoms with Gasteiger partial charge in [0, 0.05) is 11.1 Å². The molecule has 8 nitrogen and oxygen atoms in total. The van der Waals surface area contributed by atoms with Crippen LogP contribution in [0.4, 0.5) is 22.7 Å². The Balaban J connectivity index is 1.72. The number of carboxylic acids is 2. The zero-order chi connectivity index (χ0) is 32.4. The second kappa shape index (κ2) is 13.2. The van der Waals surface area contributed by atoms with E-state index in [2.05, 4.69) is 10.6 Å². The van der Waals surface area contributed by atoms with Crippen LogP contribution in [0.1, 0.15) is 20.7 Å². The van der Waals surface area contributed by atoms with Gasteiger partial charge in [-0.05, 0) is 59.7 Å². The highest BCUT2D eigenvalue weighted by molar-refractivity contribution is 6.42. The van der Waals surface area contributed by atoms with Crippen molar-refractivity contribution < 1.29 is 29.6 Å². The molecule has 0 atom stereocenters. The number of hydrogen-bond donors (Lipinski definition) is 5. The molecule has 0 amide bonds. The Hall–Kier alpha value is -4.60. The van der Waals surface area contributed by atoms with Crippen LogP contribution in [-0.2, 0) is 0 Å². The van der Waals surface area contributed by atoms with E-state index in [0.29, 0.717) is 28.0 Å². The summed E-state index contributed by atoms with van der Waals surface area (Å²) in [5.74, 6) is -2.16. The number of aromatic hydroxyl groups is 1. The number of hydrogen-bond acceptors (Lipinski definition) is 6. The van der Waals surface area contributed by atoms with Crippen LogP contribution in [0.15, 0.2) is 84.9 Å². The molecule has 12 heteroatoms. The average Bonchev–Trinajstić information content (AvgIpc) is 3.03. The van der Waals surface area contributed by atoms with Gasteiger partial charge in [-0.3, -0.25) is 0 Å². The number of nitrogens with one attached hydrogen (secondary N) is 2. The summed E-state index contributed by atoms with van der Waals surface area (Å²) in [5, 5.41) is 36.3. The van der Waals surface area contributed by atoms with Crippen LogP contribution in [-0.4, -0.2) is 34.4 Å². The molecule has 5 rings (SSSR count). The summed E-state index contributed by atoms with van der Waals surface area (Å²) in [5.41, 5.74) is 2.58. The third-order valence-electron chi connectivity index (χ3n) is 6.90. The molecule has 228 valence electrons. The number of anilines is 4. The van der Waals surface area contributed by atoms with E-state index in [-0.39, 0.29) is 59.7 Å². The molecule has 0 radical (unpaired) electrons. The number of carbonyl (C=O) groups is 2. The van der Waals surface area contributed by atoms with E-state index in [1.54, 1.807) is 54.6 Å². The Morgan fingerprint density at radius 2 is 1.29 bits per heavy atom. The highest BCUT2D eigenvalue weighted by Crippen LogP contribution is 2.49. The van der Waals surface area contributed by atoms with Crippen LogP contribution in [0, 0.1) is 0 Å². The largest absolute Gasteiger partial charge is 0.506 e. The number of aromatic carboxylic acids is 2. The third kappa shape index (κ3) is 6.32. The molecule has 0 aliphatic rings. The fourth-order valence-corrected chi connectivity index (χ4v) is 5.89. The zero-order valence-electron chi connectivity index (χ0n) is 23.2. The molecule has 5 N–H and O–H groups in total. The number of benzene rings is 5. The van der Waals surface area contributed by atoms with Crippen molar-refractivity contribution in [3.63, 3.8) is 0 Å². The SMILES string of the molecule is COc1ccccc1-c1c(-c2ccc(Nc3c(Cl)ccc(O)c3Cl)c(C(=O)O)c2)cc(Cl)c(Nc2ccccc2C(=O)O)c1Cl. The number of methoxy groups -OCH3 is 1. The minimum Gasteiger partial charge on any atom is -0.506 e. The molecule has 0 bridgehead atoms. The van der Waals surface area contributed by atoms with E-state index < -0.39 is 11.9 Å². The van der Waals surface area contributed by atoms with Crippen LogP contribution in [0.25, 0.3) is 22.3 Å². The van der Waals surface area contributed by atoms with Gasteiger partial charge >= 0.3 is 11.9 Å². The minimum absolute atomic E-state index is 0.00804. The lowest BCUT2D eigenvalue weighted by Gasteiger charge is -2.21. The maximum Gasteiger partial charge on any atom is 0.337 e. The summed E-state index contributed by atoms with van der Waals surface area (Å²) >= 11 is 26.4. The van der Waals surface area contributed by atoms with Gasteiger partial charge in [0.25, 0.3) is 0 Å². The number of phenolic OH excluding ortho intramolecular Hbond substituents is 1. The first kappa shape index (κ1) is 31.8. The van der Waals surface area contributed by atoms with E-state index in [9.17, 15) is 24.9 Å². The molecule has 5 aromatic carbocycles. The van der Waals surface area contributed by atoms with Gasteiger partial charge in [-0.15, -0.1) is 0 Å². The van der Waals surface area contributed by atoms with Crippen molar-refractivity contribution in [3.05, 3.63) is 116 Å². The smallest absolute Gasteiger partial charge is 0.337 e. The van der Waals surface area contributed by atoms with Gasteiger partial charge in [0.05, 0.1) is 56.1 Å². The minimum atomic E-state index is -1.26. The van der Waals surface area contributed by atoms with Crippen LogP contribution in [0.3, 0.4) is 0 Å². The van der Waals surface area contributed by atoms with Gasteiger partial charge < -0.3 is 30.7 Å². The Kier molecular flexibility index (Phi) is 9.32. The lowest BCUT2D eigenvalue weighted by atomic mass is 9.91. The number of rotatable bonds is 9. The maximum atomic E-state index is 12.5. The van der Waals surface area contributed by atoms with Gasteiger partial charge in [-0.25, -0.2) is 9.59 Å². The molecule has 0 unspecified atom stereocenters. The van der Waals surface area contributed by atoms with Gasteiger partial charge in [-0.2, -0.15) is 0 Å². The molecule has 0 aliphatic heterocycles. The number of carboxylic acid groups (broad SMARTS) is 2. The van der Waals surface area contributed by atoms with Crippen molar-refractivity contribution in [2.24, 2.45) is 0 Å². The molecule has 0 saturated heterocycles. The Labute approximate surface area is 277 Å². The maximum absolute atomic E-state index is 12.5. The lowest BCUT2D eigenvalue weighted by molar-refractivity contribution is 0.0687. The average molecular weight is 684 g/mol. The van der Waals surface area contributed by atoms with E-state index in [0.717, 1.165) is 0 Å². The molecule has 0 saturated carbocycles. The summed E-state index contributed by atoms with van der Waals surface area (Å²) in [6.45, 7) is 0. The fourth-order valence-electron chi connectivity index (χ4n) is 4.78. The number of ether oxygens (including phenoxy) is 1. The summed E-state index contributed by atoms with van der Waals surface area (Å²) in [6, 6.07) is 22.4. The summed E-state index contributed by atoms with van der Waals surface area (Å²) < 4.78 is 5.62. The summed E-state index contributed by atoms with van der Waals surface area (Å²) in [6.07, 6.45) is 0. The van der Waals surface area contributed by atoms with Gasteiger partial charge in [0.2, 0.25) is 0 Å². The Morgan fingerprint density at radius 1 is 0.667 bits per heavy atom. The van der Waals surface area contributed by atoms with Gasteiger partial charge in [-0.1, -0.05) is 82.8 Å². The van der Waals surface area contributed by atoms with Gasteiger partial charge in [0.1, 0.15) is 16.5 Å². The van der Waals surface area contributed by atoms with Gasteiger partial charge in [0.15, 0.2) is 0 Å². The first-order chi connectivity index (χ1) is 21.5. The van der Waals surface area contributed by atoms with Crippen molar-refractivity contribution in [1.29, 1.82) is 0 Å². The van der Waals surface area contributed by atoms with E-state index >= 15 is 0 Å². The molecule has 5 aromatic rings. The number of phenols is 1.